The van der Waals surface area contributed by atoms with Crippen molar-refractivity contribution in [1.82, 2.24) is 24.8 Å². The van der Waals surface area contributed by atoms with Crippen LogP contribution >= 0.6 is 0 Å². The number of amidine groups is 1. The summed E-state index contributed by atoms with van der Waals surface area (Å²) in [7, 11) is 0. The number of ether oxygens (including phenoxy) is 2. The topological polar surface area (TPSA) is 122 Å². The molecule has 7 rings (SSSR count). The zero-order valence-electron chi connectivity index (χ0n) is 30.2. The highest BCUT2D eigenvalue weighted by Gasteiger charge is 2.39. The summed E-state index contributed by atoms with van der Waals surface area (Å²) in [5, 5.41) is 15.0. The number of aromatic nitrogens is 2. The number of nitrogens with zero attached hydrogens (tertiary/aromatic N) is 5. The number of carbonyl (C=O) groups excluding carboxylic acids is 2. The summed E-state index contributed by atoms with van der Waals surface area (Å²) in [5.41, 5.74) is 6.10. The molecule has 0 spiro atoms. The molecule has 4 heterocycles. The predicted octanol–water partition coefficient (Wildman–Crippen LogP) is 7.46. The van der Waals surface area contributed by atoms with Crippen LogP contribution in [0, 0.1) is 0 Å². The number of amides is 2. The highest BCUT2D eigenvalue weighted by Crippen LogP contribution is 2.39. The minimum atomic E-state index is -0.597. The summed E-state index contributed by atoms with van der Waals surface area (Å²) in [6.45, 7) is 13.2. The smallest absolute Gasteiger partial charge is 0.410 e. The van der Waals surface area contributed by atoms with E-state index in [4.69, 9.17) is 19.5 Å². The molecule has 3 atom stereocenters. The van der Waals surface area contributed by atoms with E-state index in [0.29, 0.717) is 31.9 Å². The summed E-state index contributed by atoms with van der Waals surface area (Å²) in [5.74, 6) is 1.37. The van der Waals surface area contributed by atoms with Crippen molar-refractivity contribution in [2.45, 2.75) is 116 Å². The molecular weight excluding hydrogens is 632 g/mol. The van der Waals surface area contributed by atoms with E-state index in [1.54, 1.807) is 4.90 Å². The molecule has 1 aliphatic carbocycles. The molecule has 11 nitrogen and oxygen atoms in total. The van der Waals surface area contributed by atoms with Gasteiger partial charge in [0.15, 0.2) is 5.82 Å². The molecule has 1 unspecified atom stereocenters. The van der Waals surface area contributed by atoms with Gasteiger partial charge in [-0.2, -0.15) is 4.73 Å². The molecule has 3 aromatic rings. The van der Waals surface area contributed by atoms with Crippen LogP contribution in [-0.4, -0.2) is 79.6 Å². The number of likely N-dealkylation sites (tertiary alicyclic amines) is 2. The zero-order valence-corrected chi connectivity index (χ0v) is 30.2. The molecule has 2 N–H and O–H groups in total. The average Bonchev–Trinajstić information content (AvgIpc) is 3.85. The number of nitrogens with one attached hydrogen (secondary N) is 1. The Labute approximate surface area is 294 Å². The van der Waals surface area contributed by atoms with Gasteiger partial charge in [-0.05, 0) is 109 Å². The third-order valence-electron chi connectivity index (χ3n) is 9.98. The summed E-state index contributed by atoms with van der Waals surface area (Å²) in [6, 6.07) is 14.8. The van der Waals surface area contributed by atoms with Gasteiger partial charge in [-0.25, -0.2) is 14.6 Å². The highest BCUT2D eigenvalue weighted by atomic mass is 16.6. The van der Waals surface area contributed by atoms with Crippen LogP contribution in [0.4, 0.5) is 9.59 Å². The van der Waals surface area contributed by atoms with Crippen LogP contribution in [0.5, 0.6) is 0 Å². The van der Waals surface area contributed by atoms with E-state index >= 15 is 0 Å². The quantitative estimate of drug-likeness (QED) is 0.274. The van der Waals surface area contributed by atoms with Crippen LogP contribution in [-0.2, 0) is 22.3 Å². The van der Waals surface area contributed by atoms with E-state index in [1.165, 1.54) is 10.3 Å². The maximum atomic E-state index is 13.0. The van der Waals surface area contributed by atoms with Gasteiger partial charge in [-0.15, -0.1) is 0 Å². The molecule has 11 heteroatoms. The van der Waals surface area contributed by atoms with E-state index < -0.39 is 11.2 Å². The first-order valence-electron chi connectivity index (χ1n) is 18.1. The zero-order chi connectivity index (χ0) is 35.4. The largest absolute Gasteiger partial charge is 0.444 e. The molecule has 50 heavy (non-hydrogen) atoms. The Morgan fingerprint density at radius 3 is 2.10 bits per heavy atom. The van der Waals surface area contributed by atoms with Crippen molar-refractivity contribution in [2.75, 3.05) is 19.6 Å². The van der Waals surface area contributed by atoms with E-state index in [0.717, 1.165) is 78.0 Å². The molecule has 1 aromatic heterocycles. The Hall–Kier alpha value is -4.54. The Balaban J connectivity index is 1.06. The van der Waals surface area contributed by atoms with Crippen LogP contribution in [0.2, 0.25) is 0 Å². The molecule has 2 fully saturated rings. The van der Waals surface area contributed by atoms with Crippen LogP contribution in [0.1, 0.15) is 108 Å². The fraction of sp³-hybridized carbons (Fsp3) is 0.538. The van der Waals surface area contributed by atoms with Gasteiger partial charge in [0.2, 0.25) is 0 Å². The minimum Gasteiger partial charge on any atom is -0.444 e. The molecule has 2 amide bonds. The molecule has 0 saturated carbocycles. The van der Waals surface area contributed by atoms with Gasteiger partial charge in [0.25, 0.3) is 0 Å². The van der Waals surface area contributed by atoms with Crippen LogP contribution in [0.25, 0.3) is 22.4 Å². The second-order valence-electron chi connectivity index (χ2n) is 16.0. The molecule has 266 valence electrons. The van der Waals surface area contributed by atoms with E-state index in [-0.39, 0.29) is 30.3 Å². The maximum Gasteiger partial charge on any atom is 0.410 e. The number of rotatable bonds is 4. The molecule has 0 bridgehead atoms. The Bertz CT molecular complexity index is 1800. The SMILES string of the molecule is CC(C)(C)OC(=O)N1CCC[C@H]1C1=NCC(c2ccc(-c3ccc4c(c3)CCCc3c-4nc([C@@H]4CCCN4C(=O)OC(C)(C)C)n3O)cc2)N1. The molecule has 0 radical (unpaired) electrons. The number of hydrogen-bond donors (Lipinski definition) is 2. The molecule has 2 aromatic carbocycles. The summed E-state index contributed by atoms with van der Waals surface area (Å²) in [6.07, 6.45) is 5.19. The normalized spacial score (nSPS) is 22.0. The number of aliphatic imine (C=N–C) groups is 1. The first-order valence-corrected chi connectivity index (χ1v) is 18.1. The van der Waals surface area contributed by atoms with Gasteiger partial charge in [-0.1, -0.05) is 42.5 Å². The van der Waals surface area contributed by atoms with Crippen LogP contribution in [0.3, 0.4) is 0 Å². The van der Waals surface area contributed by atoms with E-state index in [1.807, 2.05) is 46.4 Å². The van der Waals surface area contributed by atoms with Crippen molar-refractivity contribution in [3.05, 3.63) is 65.1 Å². The monoisotopic (exact) mass is 682 g/mol. The fourth-order valence-electron chi connectivity index (χ4n) is 7.70. The maximum absolute atomic E-state index is 13.0. The Morgan fingerprint density at radius 2 is 1.44 bits per heavy atom. The highest BCUT2D eigenvalue weighted by molar-refractivity contribution is 5.92. The van der Waals surface area contributed by atoms with Crippen molar-refractivity contribution in [1.29, 1.82) is 0 Å². The van der Waals surface area contributed by atoms with Gasteiger partial charge >= 0.3 is 12.2 Å². The van der Waals surface area contributed by atoms with Crippen molar-refractivity contribution in [2.24, 2.45) is 4.99 Å². The minimum absolute atomic E-state index is 0.0551. The van der Waals surface area contributed by atoms with Crippen molar-refractivity contribution >= 4 is 18.0 Å². The lowest BCUT2D eigenvalue weighted by atomic mass is 9.95. The fourth-order valence-corrected chi connectivity index (χ4v) is 7.70. The predicted molar refractivity (Wildman–Crippen MR) is 191 cm³/mol. The lowest BCUT2D eigenvalue weighted by Gasteiger charge is -2.29. The summed E-state index contributed by atoms with van der Waals surface area (Å²) in [4.78, 5) is 39.2. The first-order chi connectivity index (χ1) is 23.8. The Kier molecular flexibility index (Phi) is 8.80. The van der Waals surface area contributed by atoms with E-state index in [9.17, 15) is 14.8 Å². The van der Waals surface area contributed by atoms with Crippen molar-refractivity contribution in [3.8, 4) is 22.4 Å². The van der Waals surface area contributed by atoms with Gasteiger partial charge < -0.3 is 20.0 Å². The van der Waals surface area contributed by atoms with Crippen LogP contribution in [0.15, 0.2) is 47.5 Å². The lowest BCUT2D eigenvalue weighted by Crippen LogP contribution is -2.46. The van der Waals surface area contributed by atoms with Crippen molar-refractivity contribution < 1.29 is 24.3 Å². The number of carbonyl (C=O) groups is 2. The third kappa shape index (κ3) is 6.79. The van der Waals surface area contributed by atoms with Gasteiger partial charge in [-0.3, -0.25) is 14.8 Å². The second-order valence-corrected chi connectivity index (χ2v) is 16.0. The van der Waals surface area contributed by atoms with Crippen LogP contribution < -0.4 is 5.32 Å². The number of aryl methyl sites for hydroxylation is 1. The van der Waals surface area contributed by atoms with E-state index in [2.05, 4.69) is 47.8 Å². The molecule has 3 aliphatic heterocycles. The molecule has 4 aliphatic rings. The second kappa shape index (κ2) is 13.0. The van der Waals surface area contributed by atoms with Gasteiger partial charge in [0.05, 0.1) is 36.1 Å². The molecule has 2 saturated heterocycles. The standard InChI is InChI=1S/C39H50N6O5/c1-38(2,3)49-36(46)43-20-8-12-31(43)34-40-23-29(41-34)25-16-14-24(15-17-25)26-18-19-28-27(22-26)10-7-11-30-33(28)42-35(45(30)48)32-13-9-21-44(32)37(47)50-39(4,5)6/h14-19,22,29,31-32,48H,7-13,20-21,23H2,1-6H3,(H,40,41)/t29?,31-,32-/m0/s1. The van der Waals surface area contributed by atoms with Gasteiger partial charge in [0, 0.05) is 18.7 Å². The summed E-state index contributed by atoms with van der Waals surface area (Å²) >= 11 is 0. The van der Waals surface area contributed by atoms with Crippen molar-refractivity contribution in [3.63, 3.8) is 0 Å². The first kappa shape index (κ1) is 33.9. The Morgan fingerprint density at radius 1 is 0.820 bits per heavy atom. The lowest BCUT2D eigenvalue weighted by molar-refractivity contribution is 0.0197. The number of benzene rings is 2. The number of imidazole rings is 1. The van der Waals surface area contributed by atoms with Gasteiger partial charge in [0.1, 0.15) is 17.0 Å². The third-order valence-corrected chi connectivity index (χ3v) is 9.98. The molecular formula is C39H50N6O5. The summed E-state index contributed by atoms with van der Waals surface area (Å²) < 4.78 is 12.6. The average molecular weight is 683 g/mol. The number of hydrogen-bond acceptors (Lipinski definition) is 8. The number of fused-ring (bicyclic) bond motifs is 3.